The van der Waals surface area contributed by atoms with Crippen molar-refractivity contribution in [1.29, 1.82) is 0 Å². The highest BCUT2D eigenvalue weighted by Gasteiger charge is 1.96. The Labute approximate surface area is 91.4 Å². The van der Waals surface area contributed by atoms with Gasteiger partial charge in [0.05, 0.1) is 25.0 Å². The third-order valence-electron chi connectivity index (χ3n) is 2.19. The van der Waals surface area contributed by atoms with Crippen molar-refractivity contribution in [2.24, 2.45) is 5.92 Å². The number of rotatable bonds is 7. The summed E-state index contributed by atoms with van der Waals surface area (Å²) in [6.45, 7) is 6.78. The van der Waals surface area contributed by atoms with E-state index < -0.39 is 0 Å². The number of nitrogens with zero attached hydrogens (tertiary/aromatic N) is 2. The Morgan fingerprint density at radius 3 is 2.87 bits per heavy atom. The highest BCUT2D eigenvalue weighted by atomic mass is 16.5. The van der Waals surface area contributed by atoms with E-state index in [-0.39, 0.29) is 0 Å². The van der Waals surface area contributed by atoms with Crippen molar-refractivity contribution in [3.63, 3.8) is 0 Å². The molecule has 2 N–H and O–H groups in total. The summed E-state index contributed by atoms with van der Waals surface area (Å²) in [6.07, 6.45) is 5.84. The van der Waals surface area contributed by atoms with Crippen LogP contribution in [0.2, 0.25) is 0 Å². The summed E-state index contributed by atoms with van der Waals surface area (Å²) in [7, 11) is 0. The summed E-state index contributed by atoms with van der Waals surface area (Å²) >= 11 is 0. The third kappa shape index (κ3) is 5.42. The highest BCUT2D eigenvalue weighted by molar-refractivity contribution is 5.30. The molecule has 0 spiro atoms. The van der Waals surface area contributed by atoms with Gasteiger partial charge in [-0.05, 0) is 18.8 Å². The monoisotopic (exact) mass is 211 g/mol. The van der Waals surface area contributed by atoms with Gasteiger partial charge < -0.3 is 10.5 Å². The van der Waals surface area contributed by atoms with E-state index in [1.165, 1.54) is 6.42 Å². The predicted octanol–water partition coefficient (Wildman–Crippen LogP) is 1.92. The standard InChI is InChI=1S/C11H21N3O/c1-10(2)4-3-6-15-7-5-14-9-11(12)8-13-14/h8-10H,3-7,12H2,1-2H3. The van der Waals surface area contributed by atoms with Crippen molar-refractivity contribution in [2.75, 3.05) is 18.9 Å². The first-order valence-corrected chi connectivity index (χ1v) is 5.54. The zero-order valence-corrected chi connectivity index (χ0v) is 9.65. The molecule has 0 radical (unpaired) electrons. The molecule has 0 saturated heterocycles. The van der Waals surface area contributed by atoms with Crippen molar-refractivity contribution in [1.82, 2.24) is 9.78 Å². The Balaban J connectivity index is 1.98. The second kappa shape index (κ2) is 6.45. The molecular weight excluding hydrogens is 190 g/mol. The van der Waals surface area contributed by atoms with E-state index >= 15 is 0 Å². The lowest BCUT2D eigenvalue weighted by Gasteiger charge is -2.06. The normalized spacial score (nSPS) is 11.1. The second-order valence-corrected chi connectivity index (χ2v) is 4.19. The number of aromatic nitrogens is 2. The van der Waals surface area contributed by atoms with Gasteiger partial charge >= 0.3 is 0 Å². The van der Waals surface area contributed by atoms with Gasteiger partial charge in [-0.1, -0.05) is 13.8 Å². The maximum Gasteiger partial charge on any atom is 0.0719 e. The molecule has 4 nitrogen and oxygen atoms in total. The van der Waals surface area contributed by atoms with Crippen LogP contribution in [0.3, 0.4) is 0 Å². The molecule has 0 saturated carbocycles. The number of nitrogen functional groups attached to an aromatic ring is 1. The molecule has 1 heterocycles. The van der Waals surface area contributed by atoms with Crippen molar-refractivity contribution in [3.05, 3.63) is 12.4 Å². The summed E-state index contributed by atoms with van der Waals surface area (Å²) < 4.78 is 7.30. The molecule has 4 heteroatoms. The number of nitrogens with two attached hydrogens (primary N) is 1. The zero-order valence-electron chi connectivity index (χ0n) is 9.65. The number of hydrogen-bond acceptors (Lipinski definition) is 3. The molecule has 0 unspecified atom stereocenters. The van der Waals surface area contributed by atoms with Crippen LogP contribution < -0.4 is 5.73 Å². The Hall–Kier alpha value is -1.03. The second-order valence-electron chi connectivity index (χ2n) is 4.19. The molecule has 86 valence electrons. The molecule has 0 fully saturated rings. The fraction of sp³-hybridized carbons (Fsp3) is 0.727. The van der Waals surface area contributed by atoms with Gasteiger partial charge in [-0.25, -0.2) is 0 Å². The first kappa shape index (κ1) is 12.0. The van der Waals surface area contributed by atoms with Crippen LogP contribution in [-0.2, 0) is 11.3 Å². The summed E-state index contributed by atoms with van der Waals surface area (Å²) in [5.74, 6) is 0.763. The highest BCUT2D eigenvalue weighted by Crippen LogP contribution is 2.03. The van der Waals surface area contributed by atoms with Crippen molar-refractivity contribution in [3.8, 4) is 0 Å². The average Bonchev–Trinajstić information content (AvgIpc) is 2.57. The maximum absolute atomic E-state index is 5.54. The minimum absolute atomic E-state index is 0.704. The van der Waals surface area contributed by atoms with Crippen LogP contribution in [0.4, 0.5) is 5.69 Å². The summed E-state index contributed by atoms with van der Waals surface area (Å²) in [6, 6.07) is 0. The van der Waals surface area contributed by atoms with Gasteiger partial charge in [-0.15, -0.1) is 0 Å². The maximum atomic E-state index is 5.54. The summed E-state index contributed by atoms with van der Waals surface area (Å²) in [4.78, 5) is 0. The average molecular weight is 211 g/mol. The first-order valence-electron chi connectivity index (χ1n) is 5.54. The first-order chi connectivity index (χ1) is 7.18. The van der Waals surface area contributed by atoms with Crippen LogP contribution in [0.15, 0.2) is 12.4 Å². The Morgan fingerprint density at radius 1 is 1.47 bits per heavy atom. The van der Waals surface area contributed by atoms with Crippen molar-refractivity contribution >= 4 is 5.69 Å². The minimum atomic E-state index is 0.704. The molecule has 1 aromatic rings. The lowest BCUT2D eigenvalue weighted by molar-refractivity contribution is 0.118. The van der Waals surface area contributed by atoms with Crippen molar-refractivity contribution in [2.45, 2.75) is 33.2 Å². The Bertz CT molecular complexity index is 271. The third-order valence-corrected chi connectivity index (χ3v) is 2.19. The molecule has 1 aromatic heterocycles. The van der Waals surface area contributed by atoms with E-state index in [0.717, 1.165) is 25.5 Å². The molecule has 0 aliphatic rings. The van der Waals surface area contributed by atoms with E-state index in [1.54, 1.807) is 10.9 Å². The van der Waals surface area contributed by atoms with Gasteiger partial charge in [0.2, 0.25) is 0 Å². The van der Waals surface area contributed by atoms with E-state index in [4.69, 9.17) is 10.5 Å². The molecule has 0 amide bonds. The van der Waals surface area contributed by atoms with Crippen molar-refractivity contribution < 1.29 is 4.74 Å². The molecule has 0 aromatic carbocycles. The number of anilines is 1. The molecule has 1 rings (SSSR count). The molecule has 0 aliphatic heterocycles. The van der Waals surface area contributed by atoms with E-state index in [9.17, 15) is 0 Å². The van der Waals surface area contributed by atoms with Crippen LogP contribution in [0.1, 0.15) is 26.7 Å². The fourth-order valence-electron chi connectivity index (χ4n) is 1.36. The smallest absolute Gasteiger partial charge is 0.0719 e. The summed E-state index contributed by atoms with van der Waals surface area (Å²) in [5, 5.41) is 4.07. The van der Waals surface area contributed by atoms with Gasteiger partial charge in [0, 0.05) is 12.8 Å². The molecule has 0 bridgehead atoms. The van der Waals surface area contributed by atoms with Gasteiger partial charge in [-0.2, -0.15) is 5.10 Å². The molecule has 15 heavy (non-hydrogen) atoms. The van der Waals surface area contributed by atoms with Gasteiger partial charge in [0.15, 0.2) is 0 Å². The summed E-state index contributed by atoms with van der Waals surface area (Å²) in [5.41, 5.74) is 6.24. The van der Waals surface area contributed by atoms with Crippen LogP contribution in [0, 0.1) is 5.92 Å². The van der Waals surface area contributed by atoms with Gasteiger partial charge in [0.25, 0.3) is 0 Å². The number of hydrogen-bond donors (Lipinski definition) is 1. The van der Waals surface area contributed by atoms with Crippen LogP contribution in [0.5, 0.6) is 0 Å². The Kier molecular flexibility index (Phi) is 5.18. The fourth-order valence-corrected chi connectivity index (χ4v) is 1.36. The van der Waals surface area contributed by atoms with Gasteiger partial charge in [-0.3, -0.25) is 4.68 Å². The topological polar surface area (TPSA) is 53.1 Å². The SMILES string of the molecule is CC(C)CCCOCCn1cc(N)cn1. The lowest BCUT2D eigenvalue weighted by Crippen LogP contribution is -2.07. The van der Waals surface area contributed by atoms with E-state index in [0.29, 0.717) is 12.3 Å². The quantitative estimate of drug-likeness (QED) is 0.701. The lowest BCUT2D eigenvalue weighted by atomic mass is 10.1. The van der Waals surface area contributed by atoms with Crippen LogP contribution >= 0.6 is 0 Å². The predicted molar refractivity (Wildman–Crippen MR) is 61.5 cm³/mol. The molecular formula is C11H21N3O. The largest absolute Gasteiger partial charge is 0.396 e. The van der Waals surface area contributed by atoms with Crippen LogP contribution in [0.25, 0.3) is 0 Å². The van der Waals surface area contributed by atoms with E-state index in [2.05, 4.69) is 18.9 Å². The van der Waals surface area contributed by atoms with E-state index in [1.807, 2.05) is 6.20 Å². The molecule has 0 aliphatic carbocycles. The van der Waals surface area contributed by atoms with Gasteiger partial charge in [0.1, 0.15) is 0 Å². The van der Waals surface area contributed by atoms with Crippen LogP contribution in [-0.4, -0.2) is 23.0 Å². The minimum Gasteiger partial charge on any atom is -0.396 e. The molecule has 0 atom stereocenters. The number of ether oxygens (including phenoxy) is 1. The zero-order chi connectivity index (χ0) is 11.1. The Morgan fingerprint density at radius 2 is 2.27 bits per heavy atom.